The van der Waals surface area contributed by atoms with E-state index in [2.05, 4.69) is 5.32 Å². The first-order chi connectivity index (χ1) is 13.3. The summed E-state index contributed by atoms with van der Waals surface area (Å²) < 4.78 is 37.2. The molecule has 0 atom stereocenters. The highest BCUT2D eigenvalue weighted by molar-refractivity contribution is 7.89. The van der Waals surface area contributed by atoms with Gasteiger partial charge in [0.2, 0.25) is 15.9 Å². The lowest BCUT2D eigenvalue weighted by atomic mass is 10.1. The monoisotopic (exact) mass is 406 g/mol. The van der Waals surface area contributed by atoms with Crippen LogP contribution in [0.15, 0.2) is 47.4 Å². The largest absolute Gasteiger partial charge is 0.497 e. The Morgan fingerprint density at radius 2 is 1.75 bits per heavy atom. The number of nitrogens with one attached hydrogen (secondary N) is 1. The molecule has 0 aliphatic carbocycles. The molecule has 0 heterocycles. The van der Waals surface area contributed by atoms with E-state index in [0.29, 0.717) is 11.4 Å². The van der Waals surface area contributed by atoms with Gasteiger partial charge in [-0.05, 0) is 55.3 Å². The number of ether oxygens (including phenoxy) is 2. The number of rotatable bonds is 9. The smallest absolute Gasteiger partial charge is 0.243 e. The molecule has 0 saturated heterocycles. The molecule has 0 aliphatic rings. The molecule has 2 aromatic carbocycles. The van der Waals surface area contributed by atoms with Crippen molar-refractivity contribution in [3.8, 4) is 5.75 Å². The molecule has 152 valence electrons. The summed E-state index contributed by atoms with van der Waals surface area (Å²) in [5.41, 5.74) is 2.65. The molecule has 7 nitrogen and oxygen atoms in total. The summed E-state index contributed by atoms with van der Waals surface area (Å²) in [6.45, 7) is 3.77. The second-order valence-corrected chi connectivity index (χ2v) is 8.24. The van der Waals surface area contributed by atoms with Crippen molar-refractivity contribution in [2.24, 2.45) is 0 Å². The minimum absolute atomic E-state index is 0.0606. The number of hydrogen-bond acceptors (Lipinski definition) is 5. The molecule has 0 saturated carbocycles. The van der Waals surface area contributed by atoms with Crippen LogP contribution in [0.1, 0.15) is 11.1 Å². The highest BCUT2D eigenvalue weighted by Crippen LogP contribution is 2.21. The molecule has 0 bridgehead atoms. The highest BCUT2D eigenvalue weighted by Gasteiger charge is 2.26. The number of sulfonamides is 1. The van der Waals surface area contributed by atoms with Gasteiger partial charge in [0, 0.05) is 19.3 Å². The fourth-order valence-corrected chi connectivity index (χ4v) is 3.99. The first kappa shape index (κ1) is 21.9. The minimum atomic E-state index is -3.87. The molecule has 1 amide bonds. The summed E-state index contributed by atoms with van der Waals surface area (Å²) in [6.07, 6.45) is 0. The predicted molar refractivity (Wildman–Crippen MR) is 108 cm³/mol. The van der Waals surface area contributed by atoms with Crippen LogP contribution in [0.4, 0.5) is 5.69 Å². The van der Waals surface area contributed by atoms with Gasteiger partial charge in [-0.15, -0.1) is 0 Å². The van der Waals surface area contributed by atoms with Crippen molar-refractivity contribution in [2.75, 3.05) is 39.2 Å². The molecule has 2 aromatic rings. The van der Waals surface area contributed by atoms with Crippen LogP contribution in [-0.2, 0) is 19.6 Å². The molecule has 1 N–H and O–H groups in total. The highest BCUT2D eigenvalue weighted by atomic mass is 32.2. The number of amides is 1. The molecule has 0 radical (unpaired) electrons. The number of anilines is 1. The summed E-state index contributed by atoms with van der Waals surface area (Å²) >= 11 is 0. The van der Waals surface area contributed by atoms with Gasteiger partial charge in [-0.1, -0.05) is 12.1 Å². The molecule has 0 aliphatic heterocycles. The Balaban J connectivity index is 2.21. The van der Waals surface area contributed by atoms with E-state index in [0.717, 1.165) is 15.4 Å². The molecule has 0 unspecified atom stereocenters. The van der Waals surface area contributed by atoms with Crippen molar-refractivity contribution in [1.29, 1.82) is 0 Å². The quantitative estimate of drug-likeness (QED) is 0.692. The van der Waals surface area contributed by atoms with E-state index in [-0.39, 0.29) is 24.6 Å². The maximum absolute atomic E-state index is 13.0. The van der Waals surface area contributed by atoms with Crippen LogP contribution in [0.25, 0.3) is 0 Å². The first-order valence-electron chi connectivity index (χ1n) is 8.78. The Hall–Kier alpha value is -2.42. The molecule has 0 aromatic heterocycles. The van der Waals surface area contributed by atoms with Crippen molar-refractivity contribution in [1.82, 2.24) is 4.31 Å². The summed E-state index contributed by atoms with van der Waals surface area (Å²) in [5.74, 6) is 0.136. The fourth-order valence-electron chi connectivity index (χ4n) is 2.61. The van der Waals surface area contributed by atoms with Gasteiger partial charge in [0.05, 0.1) is 25.2 Å². The fraction of sp³-hybridized carbons (Fsp3) is 0.350. The summed E-state index contributed by atoms with van der Waals surface area (Å²) in [6, 6.07) is 11.6. The van der Waals surface area contributed by atoms with E-state index in [4.69, 9.17) is 9.47 Å². The molecular weight excluding hydrogens is 380 g/mol. The van der Waals surface area contributed by atoms with Gasteiger partial charge in [0.25, 0.3) is 0 Å². The summed E-state index contributed by atoms with van der Waals surface area (Å²) in [4.78, 5) is 12.6. The number of carbonyl (C=O) groups is 1. The van der Waals surface area contributed by atoms with Gasteiger partial charge in [-0.3, -0.25) is 4.79 Å². The van der Waals surface area contributed by atoms with E-state index in [1.807, 2.05) is 26.0 Å². The third-order valence-corrected chi connectivity index (χ3v) is 6.30. The normalized spacial score (nSPS) is 11.5. The average Bonchev–Trinajstić information content (AvgIpc) is 2.68. The van der Waals surface area contributed by atoms with Crippen LogP contribution < -0.4 is 10.1 Å². The van der Waals surface area contributed by atoms with Gasteiger partial charge in [-0.25, -0.2) is 8.42 Å². The van der Waals surface area contributed by atoms with E-state index in [9.17, 15) is 13.2 Å². The van der Waals surface area contributed by atoms with Crippen molar-refractivity contribution < 1.29 is 22.7 Å². The van der Waals surface area contributed by atoms with E-state index >= 15 is 0 Å². The zero-order valence-corrected chi connectivity index (χ0v) is 17.4. The van der Waals surface area contributed by atoms with Gasteiger partial charge in [0.15, 0.2) is 0 Å². The second kappa shape index (κ2) is 9.68. The molecule has 0 fully saturated rings. The molecule has 28 heavy (non-hydrogen) atoms. The van der Waals surface area contributed by atoms with Crippen molar-refractivity contribution in [3.63, 3.8) is 0 Å². The topological polar surface area (TPSA) is 84.9 Å². The number of nitrogens with zero attached hydrogens (tertiary/aromatic N) is 1. The summed E-state index contributed by atoms with van der Waals surface area (Å²) in [5, 5.41) is 2.79. The zero-order chi connectivity index (χ0) is 20.7. The lowest BCUT2D eigenvalue weighted by molar-refractivity contribution is -0.116. The summed E-state index contributed by atoms with van der Waals surface area (Å²) in [7, 11) is -0.881. The lowest BCUT2D eigenvalue weighted by Crippen LogP contribution is -2.40. The molecule has 8 heteroatoms. The Kier molecular flexibility index (Phi) is 7.56. The Bertz CT molecular complexity index is 911. The number of aryl methyl sites for hydroxylation is 1. The predicted octanol–water partition coefficient (Wildman–Crippen LogP) is 2.59. The van der Waals surface area contributed by atoms with Crippen LogP contribution in [0.5, 0.6) is 5.75 Å². The molecular formula is C20H26N2O5S. The SMILES string of the molecule is COCCN(CC(=O)Nc1cccc(C)c1C)S(=O)(=O)c1ccc(OC)cc1. The first-order valence-corrected chi connectivity index (χ1v) is 10.2. The van der Waals surface area contributed by atoms with Crippen LogP contribution in [-0.4, -0.2) is 52.5 Å². The third kappa shape index (κ3) is 5.31. The maximum atomic E-state index is 13.0. The van der Waals surface area contributed by atoms with Crippen LogP contribution >= 0.6 is 0 Å². The Morgan fingerprint density at radius 1 is 1.07 bits per heavy atom. The average molecular weight is 407 g/mol. The van der Waals surface area contributed by atoms with Gasteiger partial charge < -0.3 is 14.8 Å². The molecule has 2 rings (SSSR count). The number of carbonyl (C=O) groups excluding carboxylic acids is 1. The lowest BCUT2D eigenvalue weighted by Gasteiger charge is -2.22. The van der Waals surface area contributed by atoms with Crippen LogP contribution in [0.2, 0.25) is 0 Å². The van der Waals surface area contributed by atoms with Crippen molar-refractivity contribution in [3.05, 3.63) is 53.6 Å². The standard InChI is InChI=1S/C20H26N2O5S/c1-15-6-5-7-19(16(15)2)21-20(23)14-22(12-13-26-3)28(24,25)18-10-8-17(27-4)9-11-18/h5-11H,12-14H2,1-4H3,(H,21,23). The van der Waals surface area contributed by atoms with Crippen molar-refractivity contribution in [2.45, 2.75) is 18.7 Å². The number of methoxy groups -OCH3 is 2. The van der Waals surface area contributed by atoms with Gasteiger partial charge >= 0.3 is 0 Å². The second-order valence-electron chi connectivity index (χ2n) is 6.30. The Morgan fingerprint density at radius 3 is 2.36 bits per heavy atom. The van der Waals surface area contributed by atoms with Gasteiger partial charge in [0.1, 0.15) is 5.75 Å². The Labute approximate surface area is 166 Å². The zero-order valence-electron chi connectivity index (χ0n) is 16.6. The van der Waals surface area contributed by atoms with Crippen LogP contribution in [0.3, 0.4) is 0 Å². The van der Waals surface area contributed by atoms with Crippen molar-refractivity contribution >= 4 is 21.6 Å². The van der Waals surface area contributed by atoms with E-state index < -0.39 is 15.9 Å². The van der Waals surface area contributed by atoms with Crippen LogP contribution in [0, 0.1) is 13.8 Å². The number of hydrogen-bond donors (Lipinski definition) is 1. The molecule has 0 spiro atoms. The van der Waals surface area contributed by atoms with Gasteiger partial charge in [-0.2, -0.15) is 4.31 Å². The minimum Gasteiger partial charge on any atom is -0.497 e. The maximum Gasteiger partial charge on any atom is 0.243 e. The number of benzene rings is 2. The van der Waals surface area contributed by atoms with E-state index in [1.165, 1.54) is 26.4 Å². The van der Waals surface area contributed by atoms with E-state index in [1.54, 1.807) is 18.2 Å². The third-order valence-electron chi connectivity index (χ3n) is 4.44.